The number of rotatable bonds is 3. The van der Waals surface area contributed by atoms with Crippen molar-refractivity contribution in [2.75, 3.05) is 6.54 Å². The molecule has 4 nitrogen and oxygen atoms in total. The first-order chi connectivity index (χ1) is 6.54. The third-order valence-corrected chi connectivity index (χ3v) is 3.00. The lowest BCUT2D eigenvalue weighted by atomic mass is 10.00. The maximum Gasteiger partial charge on any atom is 0.320 e. The molecular formula is C9H16N2O2S. The third-order valence-electron chi connectivity index (χ3n) is 2.73. The van der Waals surface area contributed by atoms with Gasteiger partial charge in [0.1, 0.15) is 6.04 Å². The van der Waals surface area contributed by atoms with E-state index in [-0.39, 0.29) is 6.04 Å². The molecule has 0 radical (unpaired) electrons. The van der Waals surface area contributed by atoms with Crippen molar-refractivity contribution in [3.05, 3.63) is 0 Å². The summed E-state index contributed by atoms with van der Waals surface area (Å²) in [5.41, 5.74) is 5.59. The molecule has 0 aromatic carbocycles. The van der Waals surface area contributed by atoms with Crippen molar-refractivity contribution in [1.29, 1.82) is 0 Å². The minimum Gasteiger partial charge on any atom is -0.480 e. The molecule has 0 amide bonds. The number of hydrogen-bond acceptors (Lipinski definition) is 3. The second-order valence-electron chi connectivity index (χ2n) is 3.67. The highest BCUT2D eigenvalue weighted by Crippen LogP contribution is 2.19. The quantitative estimate of drug-likeness (QED) is 0.676. The van der Waals surface area contributed by atoms with Gasteiger partial charge in [0, 0.05) is 0 Å². The molecule has 1 aliphatic rings. The Hall–Kier alpha value is -0.680. The first-order valence-electron chi connectivity index (χ1n) is 4.82. The zero-order valence-corrected chi connectivity index (χ0v) is 9.09. The molecule has 1 fully saturated rings. The third kappa shape index (κ3) is 2.42. The van der Waals surface area contributed by atoms with E-state index in [0.717, 1.165) is 25.8 Å². The highest BCUT2D eigenvalue weighted by molar-refractivity contribution is 7.80. The number of carboxylic acids is 1. The van der Waals surface area contributed by atoms with Crippen molar-refractivity contribution in [3.8, 4) is 0 Å². The maximum absolute atomic E-state index is 10.8. The number of carbonyl (C=O) groups is 1. The number of thiocarbonyl (C=S) groups is 1. The van der Waals surface area contributed by atoms with E-state index in [9.17, 15) is 4.79 Å². The predicted octanol–water partition coefficient (Wildman–Crippen LogP) is 0.600. The molecule has 1 heterocycles. The normalized spacial score (nSPS) is 25.6. The van der Waals surface area contributed by atoms with E-state index in [2.05, 4.69) is 0 Å². The average molecular weight is 216 g/mol. The Balaban J connectivity index is 2.72. The molecule has 80 valence electrons. The maximum atomic E-state index is 10.8. The number of hydrogen-bond donors (Lipinski definition) is 2. The summed E-state index contributed by atoms with van der Waals surface area (Å²) < 4.78 is 0. The van der Waals surface area contributed by atoms with Crippen LogP contribution in [-0.4, -0.2) is 39.6 Å². The Bertz CT molecular complexity index is 245. The number of nitrogens with zero attached hydrogens (tertiary/aromatic N) is 1. The van der Waals surface area contributed by atoms with Gasteiger partial charge in [-0.2, -0.15) is 0 Å². The minimum absolute atomic E-state index is 0.0372. The van der Waals surface area contributed by atoms with Gasteiger partial charge in [0.2, 0.25) is 0 Å². The lowest BCUT2D eigenvalue weighted by Gasteiger charge is -2.37. The first kappa shape index (κ1) is 11.4. The Morgan fingerprint density at radius 3 is 2.79 bits per heavy atom. The van der Waals surface area contributed by atoms with Gasteiger partial charge in [-0.25, -0.2) is 0 Å². The summed E-state index contributed by atoms with van der Waals surface area (Å²) in [7, 11) is 0. The standard InChI is InChI=1S/C9H16N2O2S/c1-6(9(12)13)11-5-3-2-4-7(11)8(10)14/h6-7H,2-5H2,1H3,(H2,10,14)(H,12,13). The lowest BCUT2D eigenvalue weighted by Crippen LogP contribution is -2.53. The van der Waals surface area contributed by atoms with Crippen LogP contribution < -0.4 is 5.73 Å². The summed E-state index contributed by atoms with van der Waals surface area (Å²) in [6.45, 7) is 2.45. The van der Waals surface area contributed by atoms with Gasteiger partial charge in [-0.05, 0) is 26.3 Å². The van der Waals surface area contributed by atoms with Crippen LogP contribution in [0.3, 0.4) is 0 Å². The summed E-state index contributed by atoms with van der Waals surface area (Å²) in [6, 6.07) is -0.536. The Morgan fingerprint density at radius 1 is 1.64 bits per heavy atom. The number of likely N-dealkylation sites (tertiary alicyclic amines) is 1. The van der Waals surface area contributed by atoms with Crippen molar-refractivity contribution in [1.82, 2.24) is 4.90 Å². The van der Waals surface area contributed by atoms with E-state index in [1.54, 1.807) is 6.92 Å². The van der Waals surface area contributed by atoms with Gasteiger partial charge in [-0.3, -0.25) is 9.69 Å². The van der Waals surface area contributed by atoms with Crippen LogP contribution in [0.15, 0.2) is 0 Å². The highest BCUT2D eigenvalue weighted by atomic mass is 32.1. The van der Waals surface area contributed by atoms with Crippen LogP contribution in [-0.2, 0) is 4.79 Å². The summed E-state index contributed by atoms with van der Waals surface area (Å²) in [5, 5.41) is 8.91. The molecule has 0 bridgehead atoms. The molecule has 0 aliphatic carbocycles. The smallest absolute Gasteiger partial charge is 0.320 e. The largest absolute Gasteiger partial charge is 0.480 e. The van der Waals surface area contributed by atoms with Gasteiger partial charge in [-0.15, -0.1) is 0 Å². The highest BCUT2D eigenvalue weighted by Gasteiger charge is 2.31. The van der Waals surface area contributed by atoms with Gasteiger partial charge in [0.05, 0.1) is 11.0 Å². The van der Waals surface area contributed by atoms with Crippen LogP contribution in [0.25, 0.3) is 0 Å². The summed E-state index contributed by atoms with van der Waals surface area (Å²) in [6.07, 6.45) is 2.98. The van der Waals surface area contributed by atoms with Crippen LogP contribution in [0.4, 0.5) is 0 Å². The number of aliphatic carboxylic acids is 1. The number of nitrogens with two attached hydrogens (primary N) is 1. The van der Waals surface area contributed by atoms with Crippen molar-refractivity contribution < 1.29 is 9.90 Å². The van der Waals surface area contributed by atoms with E-state index in [1.807, 2.05) is 4.90 Å². The van der Waals surface area contributed by atoms with Crippen molar-refractivity contribution in [2.24, 2.45) is 5.73 Å². The molecule has 2 unspecified atom stereocenters. The summed E-state index contributed by atoms with van der Waals surface area (Å²) >= 11 is 4.94. The molecule has 0 spiro atoms. The monoisotopic (exact) mass is 216 g/mol. The van der Waals surface area contributed by atoms with Crippen molar-refractivity contribution >= 4 is 23.2 Å². The number of piperidine rings is 1. The lowest BCUT2D eigenvalue weighted by molar-refractivity contribution is -0.143. The van der Waals surface area contributed by atoms with Crippen LogP contribution >= 0.6 is 12.2 Å². The molecule has 1 saturated heterocycles. The van der Waals surface area contributed by atoms with E-state index in [1.165, 1.54) is 0 Å². The van der Waals surface area contributed by atoms with Crippen LogP contribution in [0.1, 0.15) is 26.2 Å². The van der Waals surface area contributed by atoms with E-state index in [0.29, 0.717) is 4.99 Å². The predicted molar refractivity (Wildman–Crippen MR) is 58.2 cm³/mol. The minimum atomic E-state index is -0.812. The molecule has 0 aromatic heterocycles. The van der Waals surface area contributed by atoms with Gasteiger partial charge < -0.3 is 10.8 Å². The van der Waals surface area contributed by atoms with Crippen molar-refractivity contribution in [3.63, 3.8) is 0 Å². The molecule has 0 saturated carbocycles. The van der Waals surface area contributed by atoms with Crippen LogP contribution in [0.5, 0.6) is 0 Å². The van der Waals surface area contributed by atoms with Crippen LogP contribution in [0.2, 0.25) is 0 Å². The SMILES string of the molecule is CC(C(=O)O)N1CCCCC1C(N)=S. The van der Waals surface area contributed by atoms with Gasteiger partial charge in [-0.1, -0.05) is 18.6 Å². The zero-order valence-electron chi connectivity index (χ0n) is 8.27. The topological polar surface area (TPSA) is 66.6 Å². The second kappa shape index (κ2) is 4.70. The van der Waals surface area contributed by atoms with Gasteiger partial charge in [0.25, 0.3) is 0 Å². The van der Waals surface area contributed by atoms with Crippen LogP contribution in [0, 0.1) is 0 Å². The van der Waals surface area contributed by atoms with E-state index >= 15 is 0 Å². The molecule has 3 N–H and O–H groups in total. The van der Waals surface area contributed by atoms with E-state index < -0.39 is 12.0 Å². The molecular weight excluding hydrogens is 200 g/mol. The fourth-order valence-corrected chi connectivity index (χ4v) is 2.12. The van der Waals surface area contributed by atoms with Gasteiger partial charge >= 0.3 is 5.97 Å². The van der Waals surface area contributed by atoms with Gasteiger partial charge in [0.15, 0.2) is 0 Å². The Labute approximate surface area is 89.1 Å². The molecule has 2 atom stereocenters. The van der Waals surface area contributed by atoms with Crippen molar-refractivity contribution in [2.45, 2.75) is 38.3 Å². The molecule has 5 heteroatoms. The first-order valence-corrected chi connectivity index (χ1v) is 5.22. The zero-order chi connectivity index (χ0) is 10.7. The second-order valence-corrected chi connectivity index (χ2v) is 4.14. The fourth-order valence-electron chi connectivity index (χ4n) is 1.86. The summed E-state index contributed by atoms with van der Waals surface area (Å²) in [5.74, 6) is -0.812. The average Bonchev–Trinajstić information content (AvgIpc) is 2.16. The van der Waals surface area contributed by atoms with E-state index in [4.69, 9.17) is 23.1 Å². The Kier molecular flexibility index (Phi) is 3.83. The Morgan fingerprint density at radius 2 is 2.29 bits per heavy atom. The summed E-state index contributed by atoms with van der Waals surface area (Å²) in [4.78, 5) is 13.1. The fraction of sp³-hybridized carbons (Fsp3) is 0.778. The molecule has 1 aliphatic heterocycles. The molecule has 1 rings (SSSR count). The number of carboxylic acid groups (broad SMARTS) is 1. The molecule has 14 heavy (non-hydrogen) atoms. The molecule has 0 aromatic rings.